The van der Waals surface area contributed by atoms with Gasteiger partial charge in [0.2, 0.25) is 5.91 Å². The van der Waals surface area contributed by atoms with Crippen LogP contribution in [0.25, 0.3) is 0 Å². The van der Waals surface area contributed by atoms with Gasteiger partial charge in [0.15, 0.2) is 0 Å². The van der Waals surface area contributed by atoms with Crippen molar-refractivity contribution in [2.24, 2.45) is 0 Å². The number of anilines is 2. The summed E-state index contributed by atoms with van der Waals surface area (Å²) in [6, 6.07) is 13.9. The van der Waals surface area contributed by atoms with Crippen molar-refractivity contribution in [2.75, 3.05) is 17.2 Å². The van der Waals surface area contributed by atoms with Crippen molar-refractivity contribution in [3.63, 3.8) is 0 Å². The van der Waals surface area contributed by atoms with E-state index in [1.165, 1.54) is 12.1 Å². The fourth-order valence-corrected chi connectivity index (χ4v) is 2.86. The van der Waals surface area contributed by atoms with Gasteiger partial charge >= 0.3 is 6.18 Å². The molecule has 0 atom stereocenters. The zero-order chi connectivity index (χ0) is 20.9. The largest absolute Gasteiger partial charge is 0.457 e. The molecular weight excluding hydrogens is 451 g/mol. The predicted octanol–water partition coefficient (Wildman–Crippen LogP) is 5.71. The van der Waals surface area contributed by atoms with Crippen molar-refractivity contribution in [3.05, 3.63) is 77.0 Å². The molecule has 3 aromatic rings. The van der Waals surface area contributed by atoms with E-state index >= 15 is 0 Å². The third kappa shape index (κ3) is 5.95. The fourth-order valence-electron chi connectivity index (χ4n) is 2.39. The number of halogens is 4. The average molecular weight is 466 g/mol. The Bertz CT molecular complexity index is 981. The van der Waals surface area contributed by atoms with Gasteiger partial charge in [0.25, 0.3) is 0 Å². The minimum Gasteiger partial charge on any atom is -0.457 e. The van der Waals surface area contributed by atoms with Crippen LogP contribution in [-0.4, -0.2) is 17.4 Å². The maximum absolute atomic E-state index is 12.9. The first-order valence-electron chi connectivity index (χ1n) is 8.40. The Balaban J connectivity index is 1.54. The Morgan fingerprint density at radius 2 is 1.59 bits per heavy atom. The molecule has 0 unspecified atom stereocenters. The van der Waals surface area contributed by atoms with Crippen molar-refractivity contribution in [1.82, 2.24) is 4.98 Å². The molecule has 3 rings (SSSR count). The summed E-state index contributed by atoms with van der Waals surface area (Å²) in [5.41, 5.74) is -0.129. The van der Waals surface area contributed by atoms with Crippen molar-refractivity contribution in [2.45, 2.75) is 6.18 Å². The molecule has 0 aliphatic heterocycles. The highest BCUT2D eigenvalue weighted by Crippen LogP contribution is 2.36. The lowest BCUT2D eigenvalue weighted by Crippen LogP contribution is -2.22. The van der Waals surface area contributed by atoms with Gasteiger partial charge in [-0.1, -0.05) is 15.9 Å². The van der Waals surface area contributed by atoms with Crippen molar-refractivity contribution < 1.29 is 22.7 Å². The van der Waals surface area contributed by atoms with Gasteiger partial charge < -0.3 is 15.4 Å². The van der Waals surface area contributed by atoms with E-state index in [9.17, 15) is 18.0 Å². The summed E-state index contributed by atoms with van der Waals surface area (Å²) in [6.07, 6.45) is -1.28. The van der Waals surface area contributed by atoms with Crippen LogP contribution in [0.15, 0.2) is 71.5 Å². The Labute approximate surface area is 173 Å². The topological polar surface area (TPSA) is 63.2 Å². The Hall–Kier alpha value is -3.07. The van der Waals surface area contributed by atoms with Crippen LogP contribution < -0.4 is 15.4 Å². The van der Waals surface area contributed by atoms with E-state index in [4.69, 9.17) is 4.74 Å². The molecule has 0 aliphatic carbocycles. The first kappa shape index (κ1) is 20.7. The second-order valence-corrected chi connectivity index (χ2v) is 6.76. The predicted molar refractivity (Wildman–Crippen MR) is 107 cm³/mol. The smallest absolute Gasteiger partial charge is 0.417 e. The number of carbonyl (C=O) groups is 1. The molecule has 150 valence electrons. The Kier molecular flexibility index (Phi) is 6.38. The average Bonchev–Trinajstić information content (AvgIpc) is 2.69. The SMILES string of the molecule is O=C(CNc1ccc(Oc2ccncc2)cc1)Nc1ccc(Br)c(C(F)(F)F)c1. The summed E-state index contributed by atoms with van der Waals surface area (Å²) in [7, 11) is 0. The number of pyridine rings is 1. The molecule has 1 heterocycles. The summed E-state index contributed by atoms with van der Waals surface area (Å²) >= 11 is 2.86. The van der Waals surface area contributed by atoms with E-state index in [0.717, 1.165) is 6.07 Å². The Morgan fingerprint density at radius 1 is 0.966 bits per heavy atom. The number of benzene rings is 2. The number of ether oxygens (including phenoxy) is 1. The summed E-state index contributed by atoms with van der Waals surface area (Å²) < 4.78 is 44.4. The fraction of sp³-hybridized carbons (Fsp3) is 0.100. The van der Waals surface area contributed by atoms with Crippen LogP contribution in [0, 0.1) is 0 Å². The van der Waals surface area contributed by atoms with Gasteiger partial charge in [0, 0.05) is 28.2 Å². The highest BCUT2D eigenvalue weighted by molar-refractivity contribution is 9.10. The van der Waals surface area contributed by atoms with E-state index in [2.05, 4.69) is 31.5 Å². The van der Waals surface area contributed by atoms with Gasteiger partial charge in [0.05, 0.1) is 12.1 Å². The number of rotatable bonds is 6. The van der Waals surface area contributed by atoms with Crippen LogP contribution in [0.4, 0.5) is 24.5 Å². The highest BCUT2D eigenvalue weighted by Gasteiger charge is 2.33. The number of nitrogens with zero attached hydrogens (tertiary/aromatic N) is 1. The normalized spacial score (nSPS) is 11.0. The quantitative estimate of drug-likeness (QED) is 0.489. The van der Waals surface area contributed by atoms with E-state index in [-0.39, 0.29) is 16.7 Å². The molecule has 0 radical (unpaired) electrons. The molecule has 29 heavy (non-hydrogen) atoms. The molecule has 0 bridgehead atoms. The molecule has 0 saturated heterocycles. The first-order chi connectivity index (χ1) is 13.8. The monoisotopic (exact) mass is 465 g/mol. The molecule has 0 fully saturated rings. The lowest BCUT2D eigenvalue weighted by Gasteiger charge is -2.12. The third-order valence-electron chi connectivity index (χ3n) is 3.75. The summed E-state index contributed by atoms with van der Waals surface area (Å²) in [5, 5.41) is 5.35. The summed E-state index contributed by atoms with van der Waals surface area (Å²) in [6.45, 7) is -0.109. The molecule has 0 spiro atoms. The number of hydrogen-bond donors (Lipinski definition) is 2. The molecular formula is C20H15BrF3N3O2. The van der Waals surface area contributed by atoms with Gasteiger partial charge in [-0.15, -0.1) is 0 Å². The highest BCUT2D eigenvalue weighted by atomic mass is 79.9. The molecule has 9 heteroatoms. The summed E-state index contributed by atoms with van der Waals surface area (Å²) in [5.74, 6) is 0.783. The zero-order valence-corrected chi connectivity index (χ0v) is 16.4. The van der Waals surface area contributed by atoms with E-state index in [1.54, 1.807) is 48.8 Å². The van der Waals surface area contributed by atoms with Gasteiger partial charge in [-0.25, -0.2) is 0 Å². The van der Waals surface area contributed by atoms with Crippen molar-refractivity contribution in [3.8, 4) is 11.5 Å². The minimum absolute atomic E-state index is 0.0634. The lowest BCUT2D eigenvalue weighted by molar-refractivity contribution is -0.138. The third-order valence-corrected chi connectivity index (χ3v) is 4.44. The molecule has 1 amide bonds. The van der Waals surface area contributed by atoms with Gasteiger partial charge in [-0.05, 0) is 54.6 Å². The van der Waals surface area contributed by atoms with Gasteiger partial charge in [-0.3, -0.25) is 9.78 Å². The minimum atomic E-state index is -4.52. The lowest BCUT2D eigenvalue weighted by atomic mass is 10.2. The van der Waals surface area contributed by atoms with Crippen molar-refractivity contribution in [1.29, 1.82) is 0 Å². The Morgan fingerprint density at radius 3 is 2.24 bits per heavy atom. The number of amides is 1. The van der Waals surface area contributed by atoms with Crippen LogP contribution >= 0.6 is 15.9 Å². The van der Waals surface area contributed by atoms with Crippen LogP contribution in [0.3, 0.4) is 0 Å². The standard InChI is InChI=1S/C20H15BrF3N3O2/c21-18-6-3-14(11-17(18)20(22,23)24)27-19(28)12-26-13-1-4-15(5-2-13)29-16-7-9-25-10-8-16/h1-11,26H,12H2,(H,27,28). The maximum atomic E-state index is 12.9. The van der Waals surface area contributed by atoms with E-state index in [0.29, 0.717) is 17.2 Å². The van der Waals surface area contributed by atoms with Crippen molar-refractivity contribution >= 4 is 33.2 Å². The molecule has 2 aromatic carbocycles. The molecule has 0 saturated carbocycles. The second kappa shape index (κ2) is 8.95. The first-order valence-corrected chi connectivity index (χ1v) is 9.19. The van der Waals surface area contributed by atoms with Gasteiger partial charge in [0.1, 0.15) is 11.5 Å². The van der Waals surface area contributed by atoms with Gasteiger partial charge in [-0.2, -0.15) is 13.2 Å². The van der Waals surface area contributed by atoms with E-state index < -0.39 is 17.6 Å². The molecule has 0 aliphatic rings. The molecule has 2 N–H and O–H groups in total. The van der Waals surface area contributed by atoms with Crippen LogP contribution in [0.2, 0.25) is 0 Å². The maximum Gasteiger partial charge on any atom is 0.417 e. The number of alkyl halides is 3. The van der Waals surface area contributed by atoms with E-state index in [1.807, 2.05) is 0 Å². The number of nitrogens with one attached hydrogen (secondary N) is 2. The number of hydrogen-bond acceptors (Lipinski definition) is 4. The molecule has 5 nitrogen and oxygen atoms in total. The number of carbonyl (C=O) groups excluding carboxylic acids is 1. The number of aromatic nitrogens is 1. The van der Waals surface area contributed by atoms with Crippen LogP contribution in [0.1, 0.15) is 5.56 Å². The molecule has 1 aromatic heterocycles. The van der Waals surface area contributed by atoms with Crippen LogP contribution in [0.5, 0.6) is 11.5 Å². The second-order valence-electron chi connectivity index (χ2n) is 5.90. The van der Waals surface area contributed by atoms with Crippen LogP contribution in [-0.2, 0) is 11.0 Å². The zero-order valence-electron chi connectivity index (χ0n) is 14.8. The summed E-state index contributed by atoms with van der Waals surface area (Å²) in [4.78, 5) is 15.9.